The number of fused-ring (bicyclic) bond motifs is 3. The van der Waals surface area contributed by atoms with Crippen molar-refractivity contribution in [3.05, 3.63) is 99.2 Å². The highest BCUT2D eigenvalue weighted by atomic mass is 35.5. The molecule has 1 aliphatic carbocycles. The van der Waals surface area contributed by atoms with E-state index >= 15 is 0 Å². The van der Waals surface area contributed by atoms with Gasteiger partial charge >= 0.3 is 5.97 Å². The van der Waals surface area contributed by atoms with Crippen LogP contribution >= 0.6 is 11.6 Å². The number of nitrogens with one attached hydrogen (secondary N) is 1. The van der Waals surface area contributed by atoms with Gasteiger partial charge in [-0.2, -0.15) is 5.10 Å². The average Bonchev–Trinajstić information content (AvgIpc) is 3.45. The Morgan fingerprint density at radius 3 is 2.68 bits per heavy atom. The van der Waals surface area contributed by atoms with E-state index in [0.29, 0.717) is 17.1 Å². The molecule has 0 bridgehead atoms. The third-order valence-corrected chi connectivity index (χ3v) is 6.71. The molecule has 7 heteroatoms. The molecule has 0 unspecified atom stereocenters. The lowest BCUT2D eigenvalue weighted by Crippen LogP contribution is -2.27. The Labute approximate surface area is 202 Å². The van der Waals surface area contributed by atoms with Gasteiger partial charge in [0.1, 0.15) is 0 Å². The number of aromatic nitrogens is 2. The van der Waals surface area contributed by atoms with Crippen molar-refractivity contribution >= 4 is 34.4 Å². The molecule has 1 atom stereocenters. The first-order valence-electron chi connectivity index (χ1n) is 11.3. The van der Waals surface area contributed by atoms with Crippen LogP contribution in [0.1, 0.15) is 62.4 Å². The molecule has 172 valence electrons. The zero-order chi connectivity index (χ0) is 23.8. The predicted octanol–water partition coefficient (Wildman–Crippen LogP) is 5.42. The Balaban J connectivity index is 1.50. The van der Waals surface area contributed by atoms with Crippen molar-refractivity contribution in [3.63, 3.8) is 0 Å². The first kappa shape index (κ1) is 22.2. The molecular weight excluding hydrogens is 450 g/mol. The summed E-state index contributed by atoms with van der Waals surface area (Å²) in [5.41, 5.74) is 5.97. The molecule has 0 aliphatic heterocycles. The Hall–Kier alpha value is -3.64. The van der Waals surface area contributed by atoms with Crippen molar-refractivity contribution in [2.75, 3.05) is 0 Å². The van der Waals surface area contributed by atoms with Crippen molar-refractivity contribution in [1.82, 2.24) is 15.1 Å². The molecule has 1 heterocycles. The van der Waals surface area contributed by atoms with Crippen molar-refractivity contribution in [1.29, 1.82) is 0 Å². The quantitative estimate of drug-likeness (QED) is 0.392. The smallest absolute Gasteiger partial charge is 0.335 e. The van der Waals surface area contributed by atoms with Crippen LogP contribution in [0.3, 0.4) is 0 Å². The van der Waals surface area contributed by atoms with E-state index in [9.17, 15) is 9.59 Å². The number of hydrogen-bond acceptors (Lipinski definition) is 3. The van der Waals surface area contributed by atoms with Crippen LogP contribution in [0.25, 0.3) is 10.9 Å². The van der Waals surface area contributed by atoms with Gasteiger partial charge in [0.2, 0.25) is 0 Å². The number of carboxylic acid groups (broad SMARTS) is 1. The van der Waals surface area contributed by atoms with E-state index in [0.717, 1.165) is 41.3 Å². The first-order valence-corrected chi connectivity index (χ1v) is 11.7. The summed E-state index contributed by atoms with van der Waals surface area (Å²) in [6.07, 6.45) is 4.89. The number of aryl methyl sites for hydroxylation is 2. The van der Waals surface area contributed by atoms with E-state index in [1.165, 1.54) is 11.1 Å². The second-order valence-corrected chi connectivity index (χ2v) is 9.17. The van der Waals surface area contributed by atoms with Crippen molar-refractivity contribution in [3.8, 4) is 0 Å². The third kappa shape index (κ3) is 4.17. The maximum Gasteiger partial charge on any atom is 0.335 e. The zero-order valence-corrected chi connectivity index (χ0v) is 19.5. The van der Waals surface area contributed by atoms with Gasteiger partial charge in [0, 0.05) is 10.4 Å². The molecule has 1 amide bonds. The predicted molar refractivity (Wildman–Crippen MR) is 132 cm³/mol. The number of hydrogen-bond donors (Lipinski definition) is 2. The summed E-state index contributed by atoms with van der Waals surface area (Å²) < 4.78 is 1.88. The van der Waals surface area contributed by atoms with E-state index in [4.69, 9.17) is 16.7 Å². The summed E-state index contributed by atoms with van der Waals surface area (Å²) in [6.45, 7) is 2.40. The second kappa shape index (κ2) is 8.95. The Morgan fingerprint density at radius 2 is 1.94 bits per heavy atom. The molecule has 0 fully saturated rings. The van der Waals surface area contributed by atoms with Gasteiger partial charge in [-0.25, -0.2) is 4.79 Å². The third-order valence-electron chi connectivity index (χ3n) is 6.47. The topological polar surface area (TPSA) is 84.2 Å². The summed E-state index contributed by atoms with van der Waals surface area (Å²) >= 11 is 6.18. The molecule has 5 rings (SSSR count). The fourth-order valence-corrected chi connectivity index (χ4v) is 4.95. The number of carboxylic acids is 1. The van der Waals surface area contributed by atoms with E-state index in [2.05, 4.69) is 10.4 Å². The molecule has 0 radical (unpaired) electrons. The van der Waals surface area contributed by atoms with Crippen LogP contribution in [-0.2, 0) is 19.4 Å². The molecule has 6 nitrogen and oxygen atoms in total. The van der Waals surface area contributed by atoms with Gasteiger partial charge in [0.15, 0.2) is 0 Å². The number of amides is 1. The summed E-state index contributed by atoms with van der Waals surface area (Å²) in [4.78, 5) is 24.6. The van der Waals surface area contributed by atoms with E-state index in [1.54, 1.807) is 24.3 Å². The van der Waals surface area contributed by atoms with Gasteiger partial charge in [-0.1, -0.05) is 35.9 Å². The van der Waals surface area contributed by atoms with Gasteiger partial charge in [-0.05, 0) is 78.8 Å². The fourth-order valence-electron chi connectivity index (χ4n) is 4.74. The molecular formula is C27H24ClN3O3. The normalized spacial score (nSPS) is 13.6. The monoisotopic (exact) mass is 473 g/mol. The highest BCUT2D eigenvalue weighted by Crippen LogP contribution is 2.33. The van der Waals surface area contributed by atoms with Crippen molar-refractivity contribution in [2.45, 2.75) is 38.8 Å². The van der Waals surface area contributed by atoms with Gasteiger partial charge < -0.3 is 10.4 Å². The minimum absolute atomic E-state index is 0.178. The number of rotatable bonds is 6. The molecule has 0 saturated carbocycles. The number of halogens is 1. The highest BCUT2D eigenvalue weighted by molar-refractivity contribution is 6.30. The Morgan fingerprint density at radius 1 is 1.15 bits per heavy atom. The minimum atomic E-state index is -0.975. The maximum atomic E-state index is 13.5. The lowest BCUT2D eigenvalue weighted by Gasteiger charge is -2.17. The molecule has 0 saturated heterocycles. The van der Waals surface area contributed by atoms with E-state index < -0.39 is 5.97 Å². The zero-order valence-electron chi connectivity index (χ0n) is 18.7. The Bertz CT molecular complexity index is 1410. The largest absolute Gasteiger partial charge is 0.478 e. The van der Waals surface area contributed by atoms with Gasteiger partial charge in [0.25, 0.3) is 5.91 Å². The summed E-state index contributed by atoms with van der Waals surface area (Å²) in [5.74, 6) is -1.15. The van der Waals surface area contributed by atoms with Gasteiger partial charge in [-0.15, -0.1) is 0 Å². The molecule has 34 heavy (non-hydrogen) atoms. The maximum absolute atomic E-state index is 13.5. The fraction of sp³-hybridized carbons (Fsp3) is 0.222. The summed E-state index contributed by atoms with van der Waals surface area (Å²) in [5, 5.41) is 18.5. The number of aromatic carboxylic acids is 1. The molecule has 3 aromatic carbocycles. The van der Waals surface area contributed by atoms with E-state index in [-0.39, 0.29) is 17.5 Å². The lowest BCUT2D eigenvalue weighted by molar-refractivity contribution is 0.0696. The van der Waals surface area contributed by atoms with Crippen molar-refractivity contribution < 1.29 is 14.7 Å². The Kier molecular flexibility index (Phi) is 5.84. The van der Waals surface area contributed by atoms with E-state index in [1.807, 2.05) is 48.1 Å². The van der Waals surface area contributed by atoms with Crippen LogP contribution in [0.2, 0.25) is 5.02 Å². The number of carbonyl (C=O) groups excluding carboxylic acids is 1. The molecule has 0 spiro atoms. The molecule has 1 aliphatic rings. The van der Waals surface area contributed by atoms with Crippen LogP contribution in [-0.4, -0.2) is 26.8 Å². The SMILES string of the molecule is C[C@H](NC(=O)c1cc2c(c3cnn(Cc4cccc(Cl)c4)c13)CCC2)c1ccc(C(=O)O)cc1. The summed E-state index contributed by atoms with van der Waals surface area (Å²) in [7, 11) is 0. The van der Waals surface area contributed by atoms with Crippen LogP contribution in [0.5, 0.6) is 0 Å². The van der Waals surface area contributed by atoms with Crippen molar-refractivity contribution in [2.24, 2.45) is 0 Å². The van der Waals surface area contributed by atoms with Crippen LogP contribution in [0.4, 0.5) is 0 Å². The lowest BCUT2D eigenvalue weighted by atomic mass is 9.99. The number of nitrogens with zero attached hydrogens (tertiary/aromatic N) is 2. The molecule has 4 aromatic rings. The second-order valence-electron chi connectivity index (χ2n) is 8.73. The average molecular weight is 474 g/mol. The van der Waals surface area contributed by atoms with Crippen LogP contribution in [0, 0.1) is 0 Å². The standard InChI is InChI=1S/C27H24ClN3O3/c1-16(18-8-10-19(11-9-18)27(33)34)30-26(32)23-13-20-5-3-7-22(20)24-14-29-31(25(23)24)15-17-4-2-6-21(28)12-17/h2,4,6,8-14,16H,3,5,7,15H2,1H3,(H,30,32)(H,33,34)/t16-/m0/s1. The molecule has 2 N–H and O–H groups in total. The van der Waals surface area contributed by atoms with Crippen LogP contribution in [0.15, 0.2) is 60.8 Å². The minimum Gasteiger partial charge on any atom is -0.478 e. The van der Waals surface area contributed by atoms with Crippen LogP contribution < -0.4 is 5.32 Å². The first-order chi connectivity index (χ1) is 16.4. The molecule has 1 aromatic heterocycles. The van der Waals surface area contributed by atoms with Gasteiger partial charge in [0.05, 0.1) is 35.4 Å². The number of carbonyl (C=O) groups is 2. The number of benzene rings is 3. The highest BCUT2D eigenvalue weighted by Gasteiger charge is 2.24. The summed E-state index contributed by atoms with van der Waals surface area (Å²) in [6, 6.07) is 15.9. The van der Waals surface area contributed by atoms with Gasteiger partial charge in [-0.3, -0.25) is 9.48 Å².